The van der Waals surface area contributed by atoms with Gasteiger partial charge in [0.15, 0.2) is 0 Å². The van der Waals surface area contributed by atoms with Gasteiger partial charge in [-0.2, -0.15) is 0 Å². The highest BCUT2D eigenvalue weighted by molar-refractivity contribution is 14.1. The number of nitrogens with zero attached hydrogens (tertiary/aromatic N) is 2. The van der Waals surface area contributed by atoms with Gasteiger partial charge in [0.1, 0.15) is 11.4 Å². The predicted molar refractivity (Wildman–Crippen MR) is 258 cm³/mol. The van der Waals surface area contributed by atoms with E-state index < -0.39 is 26.8 Å². The van der Waals surface area contributed by atoms with Crippen LogP contribution >= 0.6 is 57.7 Å². The maximum atomic E-state index is 13.5. The standard InChI is InChI=1S/C36H45ClN2O5S3.C7H16N2.C2H5I/c1-23-6-3-15-36(41,34-45-16-5-17-46-34)30-11-8-27(30)20-39-21-35(14-4-7-25-18-28(37)10-12-29(25)35)22-44-32-13-9-26(19-31(32)39)33(40)38-47(42,43)24(23)2;1-7(2)9-5-3-8-4-6-9;1-2-3/h3,9-10,12-13,15,18-19,23-24,27,30,34,41H,4-8,11,14,16-17,20-22H2,1-2H3,(H,38,40);7-8H,3-6H2,1-2H3;2H2,1H3/b15-3+;;/t23-,24+,27-,30+,35-,36+;;/m0../s1. The van der Waals surface area contributed by atoms with Gasteiger partial charge in [0.05, 0.1) is 22.1 Å². The Labute approximate surface area is 381 Å². The summed E-state index contributed by atoms with van der Waals surface area (Å²) < 4.78 is 37.1. The minimum absolute atomic E-state index is 0.0302. The Bertz CT molecular complexity index is 1880. The summed E-state index contributed by atoms with van der Waals surface area (Å²) in [6, 6.07) is 12.2. The lowest BCUT2D eigenvalue weighted by molar-refractivity contribution is -0.0333. The van der Waals surface area contributed by atoms with Crippen molar-refractivity contribution in [2.45, 2.75) is 106 Å². The zero-order valence-electron chi connectivity index (χ0n) is 35.6. The molecular weight excluding hydrogens is 935 g/mol. The van der Waals surface area contributed by atoms with Crippen molar-refractivity contribution in [3.8, 4) is 5.75 Å². The minimum atomic E-state index is -3.95. The largest absolute Gasteiger partial charge is 0.490 e. The van der Waals surface area contributed by atoms with E-state index in [0.717, 1.165) is 79.9 Å². The Kier molecular flexibility index (Phi) is 16.8. The molecule has 1 saturated carbocycles. The zero-order valence-corrected chi connectivity index (χ0v) is 40.9. The Morgan fingerprint density at radius 2 is 1.80 bits per heavy atom. The van der Waals surface area contributed by atoms with Crippen LogP contribution in [0.4, 0.5) is 5.69 Å². The number of carbonyl (C=O) groups excluding carboxylic acids is 1. The minimum Gasteiger partial charge on any atom is -0.490 e. The van der Waals surface area contributed by atoms with Crippen LogP contribution in [0.2, 0.25) is 5.02 Å². The van der Waals surface area contributed by atoms with Gasteiger partial charge in [-0.05, 0) is 141 Å². The predicted octanol–water partition coefficient (Wildman–Crippen LogP) is 8.55. The summed E-state index contributed by atoms with van der Waals surface area (Å²) in [5, 5.41) is 15.9. The van der Waals surface area contributed by atoms with E-state index in [2.05, 4.69) is 75.3 Å². The molecule has 2 saturated heterocycles. The molecule has 3 N–H and O–H groups in total. The molecule has 1 spiro atoms. The molecule has 59 heavy (non-hydrogen) atoms. The molecule has 0 aromatic heterocycles. The van der Waals surface area contributed by atoms with Crippen molar-refractivity contribution in [1.29, 1.82) is 0 Å². The fraction of sp³-hybridized carbons (Fsp3) is 0.667. The smallest absolute Gasteiger partial charge is 0.264 e. The number of ether oxygens (including phenoxy) is 1. The summed E-state index contributed by atoms with van der Waals surface area (Å²) >= 11 is 12.4. The molecular formula is C45H66ClIN4O5S3. The Morgan fingerprint density at radius 3 is 2.46 bits per heavy atom. The van der Waals surface area contributed by atoms with E-state index in [1.165, 1.54) is 28.6 Å². The van der Waals surface area contributed by atoms with Crippen LogP contribution in [-0.4, -0.2) is 108 Å². The van der Waals surface area contributed by atoms with Gasteiger partial charge >= 0.3 is 0 Å². The molecule has 0 radical (unpaired) electrons. The van der Waals surface area contributed by atoms with Gasteiger partial charge in [0.25, 0.3) is 5.91 Å². The number of piperazine rings is 1. The molecule has 6 aliphatic rings. The lowest BCUT2D eigenvalue weighted by Gasteiger charge is -2.51. The first-order chi connectivity index (χ1) is 28.2. The van der Waals surface area contributed by atoms with E-state index in [4.69, 9.17) is 16.3 Å². The number of rotatable bonds is 2. The number of sulfonamides is 1. The molecule has 0 unspecified atom stereocenters. The fourth-order valence-corrected chi connectivity index (χ4v) is 14.2. The highest BCUT2D eigenvalue weighted by atomic mass is 127. The quantitative estimate of drug-likeness (QED) is 0.154. The maximum absolute atomic E-state index is 13.5. The number of halogens is 2. The van der Waals surface area contributed by atoms with Gasteiger partial charge in [-0.25, -0.2) is 13.1 Å². The van der Waals surface area contributed by atoms with Crippen molar-refractivity contribution in [2.75, 3.05) is 66.7 Å². The van der Waals surface area contributed by atoms with E-state index in [9.17, 15) is 18.3 Å². The molecule has 6 atom stereocenters. The second-order valence-corrected chi connectivity index (χ2v) is 24.2. The number of aliphatic hydroxyl groups is 1. The first-order valence-electron chi connectivity index (χ1n) is 21.7. The van der Waals surface area contributed by atoms with Crippen LogP contribution in [0.15, 0.2) is 48.6 Å². The molecule has 2 aromatic carbocycles. The average molecular weight is 1000 g/mol. The number of thioether (sulfide) groups is 2. The lowest BCUT2D eigenvalue weighted by atomic mass is 9.64. The third kappa shape index (κ3) is 11.1. The SMILES string of the molecule is CC(C)N1CCNCC1.CCI.C[C@@H]1[C@@H](C)C/C=C/[C@](O)(C2SCCCS2)[C@@H]2CC[C@H]2CN2C[C@@]3(CCCc4cc(Cl)ccc43)COc3ccc(cc32)C(=O)NS1(=O)=O. The normalized spacial score (nSPS) is 31.7. The van der Waals surface area contributed by atoms with Gasteiger partial charge < -0.3 is 20.1 Å². The maximum Gasteiger partial charge on any atom is 0.264 e. The monoisotopic (exact) mass is 1000 g/mol. The van der Waals surface area contributed by atoms with E-state index in [1.54, 1.807) is 19.1 Å². The van der Waals surface area contributed by atoms with E-state index in [-0.39, 0.29) is 33.3 Å². The van der Waals surface area contributed by atoms with Crippen molar-refractivity contribution >= 4 is 79.3 Å². The number of alkyl halides is 1. The second-order valence-electron chi connectivity index (χ2n) is 17.5. The van der Waals surface area contributed by atoms with Crippen molar-refractivity contribution < 1.29 is 23.1 Å². The van der Waals surface area contributed by atoms with Gasteiger partial charge in [0, 0.05) is 61.3 Å². The molecule has 14 heteroatoms. The second kappa shape index (κ2) is 21.0. The van der Waals surface area contributed by atoms with Crippen LogP contribution in [-0.2, 0) is 21.9 Å². The average Bonchev–Trinajstić information content (AvgIpc) is 3.36. The molecule has 9 nitrogen and oxygen atoms in total. The number of hydrogen-bond donors (Lipinski definition) is 3. The topological polar surface area (TPSA) is 111 Å². The first kappa shape index (κ1) is 47.3. The van der Waals surface area contributed by atoms with Gasteiger partial charge in [-0.1, -0.05) is 66.3 Å². The molecule has 2 aliphatic carbocycles. The van der Waals surface area contributed by atoms with Crippen molar-refractivity contribution in [3.63, 3.8) is 0 Å². The third-order valence-corrected chi connectivity index (χ3v) is 18.6. The van der Waals surface area contributed by atoms with Crippen molar-refractivity contribution in [3.05, 3.63) is 70.3 Å². The number of carbonyl (C=O) groups is 1. The fourth-order valence-electron chi connectivity index (χ4n) is 9.52. The number of nitrogens with one attached hydrogen (secondary N) is 2. The van der Waals surface area contributed by atoms with Gasteiger partial charge in [-0.15, -0.1) is 23.5 Å². The number of fused-ring (bicyclic) bond motifs is 4. The number of anilines is 1. The summed E-state index contributed by atoms with van der Waals surface area (Å²) in [7, 11) is -3.95. The third-order valence-electron chi connectivity index (χ3n) is 13.3. The molecule has 328 valence electrons. The number of amides is 1. The molecule has 2 aromatic rings. The van der Waals surface area contributed by atoms with Crippen molar-refractivity contribution in [1.82, 2.24) is 14.9 Å². The van der Waals surface area contributed by atoms with Crippen LogP contribution in [0.1, 0.15) is 94.6 Å². The highest BCUT2D eigenvalue weighted by Crippen LogP contribution is 2.53. The number of hydrogen-bond acceptors (Lipinski definition) is 10. The van der Waals surface area contributed by atoms with Crippen LogP contribution < -0.4 is 19.7 Å². The Balaban J connectivity index is 0.000000424. The van der Waals surface area contributed by atoms with Gasteiger partial charge in [0.2, 0.25) is 10.0 Å². The summed E-state index contributed by atoms with van der Waals surface area (Å²) in [4.78, 5) is 18.4. The number of allylic oxidation sites excluding steroid dienone is 1. The summed E-state index contributed by atoms with van der Waals surface area (Å²) in [6.45, 7) is 16.8. The lowest BCUT2D eigenvalue weighted by Crippen LogP contribution is -2.55. The van der Waals surface area contributed by atoms with E-state index in [1.807, 2.05) is 54.7 Å². The number of benzene rings is 2. The van der Waals surface area contributed by atoms with E-state index in [0.29, 0.717) is 31.9 Å². The van der Waals surface area contributed by atoms with Crippen LogP contribution in [0.25, 0.3) is 0 Å². The Hall–Kier alpha value is -1.20. The summed E-state index contributed by atoms with van der Waals surface area (Å²) in [5.41, 5.74) is 2.32. The van der Waals surface area contributed by atoms with E-state index >= 15 is 0 Å². The molecule has 3 fully saturated rings. The number of aryl methyl sites for hydroxylation is 1. The highest BCUT2D eigenvalue weighted by Gasteiger charge is 2.52. The van der Waals surface area contributed by atoms with Crippen LogP contribution in [0, 0.1) is 17.8 Å². The first-order valence-corrected chi connectivity index (χ1v) is 27.3. The van der Waals surface area contributed by atoms with Crippen molar-refractivity contribution in [2.24, 2.45) is 17.8 Å². The van der Waals surface area contributed by atoms with Crippen LogP contribution in [0.3, 0.4) is 0 Å². The van der Waals surface area contributed by atoms with Gasteiger partial charge in [-0.3, -0.25) is 9.69 Å². The summed E-state index contributed by atoms with van der Waals surface area (Å²) in [5.74, 6) is 2.18. The summed E-state index contributed by atoms with van der Waals surface area (Å²) in [6.07, 6.45) is 10.5. The molecule has 1 amide bonds. The molecule has 4 heterocycles. The Morgan fingerprint density at radius 1 is 1.07 bits per heavy atom. The van der Waals surface area contributed by atoms with Crippen LogP contribution in [0.5, 0.6) is 5.75 Å². The molecule has 8 rings (SSSR count). The zero-order chi connectivity index (χ0) is 42.4. The molecule has 4 aliphatic heterocycles. The molecule has 2 bridgehead atoms.